The Labute approximate surface area is 251 Å². The molecule has 12 heteroatoms. The molecule has 0 bridgehead atoms. The number of hydrogen-bond donors (Lipinski definition) is 2. The Morgan fingerprint density at radius 3 is 2.57 bits per heavy atom. The summed E-state index contributed by atoms with van der Waals surface area (Å²) in [5, 5.41) is 9.17. The summed E-state index contributed by atoms with van der Waals surface area (Å²) < 4.78 is 10.9. The molecule has 42 heavy (non-hydrogen) atoms. The lowest BCUT2D eigenvalue weighted by Crippen LogP contribution is -2.52. The molecule has 0 saturated carbocycles. The van der Waals surface area contributed by atoms with Crippen LogP contribution in [0.5, 0.6) is 0 Å². The molecule has 3 saturated heterocycles. The predicted octanol–water partition coefficient (Wildman–Crippen LogP) is 1.49. The summed E-state index contributed by atoms with van der Waals surface area (Å²) in [6.45, 7) is 9.94. The van der Waals surface area contributed by atoms with Crippen molar-refractivity contribution in [1.82, 2.24) is 25.4 Å². The van der Waals surface area contributed by atoms with Crippen LogP contribution in [0.3, 0.4) is 0 Å². The van der Waals surface area contributed by atoms with Gasteiger partial charge in [0, 0.05) is 62.9 Å². The van der Waals surface area contributed by atoms with Crippen LogP contribution in [0.15, 0.2) is 29.6 Å². The number of methoxy groups -OCH3 is 1. The first kappa shape index (κ1) is 30.6. The fraction of sp³-hybridized carbons (Fsp3) is 0.600. The SMILES string of the molecule is CN[C@H]1CN(C(=O)C(CC(C)C)NC(=O)c2ccc(-c3csc(N4CCN(CCOC)CC4)n3)cc2)[C@@H]2C(=O)CO[C@H]12. The number of ether oxygens (including phenoxy) is 2. The van der Waals surface area contributed by atoms with Crippen molar-refractivity contribution in [2.75, 3.05) is 71.5 Å². The number of hydrogen-bond acceptors (Lipinski definition) is 10. The molecule has 4 heterocycles. The van der Waals surface area contributed by atoms with Gasteiger partial charge in [0.25, 0.3) is 5.91 Å². The number of anilines is 1. The van der Waals surface area contributed by atoms with Crippen molar-refractivity contribution in [2.45, 2.75) is 44.5 Å². The minimum atomic E-state index is -0.738. The van der Waals surface area contributed by atoms with E-state index in [2.05, 4.69) is 25.8 Å². The van der Waals surface area contributed by atoms with Gasteiger partial charge in [-0.25, -0.2) is 4.98 Å². The zero-order valence-corrected chi connectivity index (χ0v) is 25.7. The Morgan fingerprint density at radius 1 is 1.17 bits per heavy atom. The van der Waals surface area contributed by atoms with Gasteiger partial charge in [0.15, 0.2) is 10.9 Å². The fourth-order valence-corrected chi connectivity index (χ4v) is 6.88. The van der Waals surface area contributed by atoms with E-state index < -0.39 is 12.1 Å². The Balaban J connectivity index is 1.22. The molecule has 1 aromatic carbocycles. The van der Waals surface area contributed by atoms with Crippen LogP contribution in [0.4, 0.5) is 5.13 Å². The Kier molecular flexibility index (Phi) is 9.89. The Hall–Kier alpha value is -2.90. The summed E-state index contributed by atoms with van der Waals surface area (Å²) in [5.74, 6) is -0.482. The zero-order valence-electron chi connectivity index (χ0n) is 24.9. The second-order valence-electron chi connectivity index (χ2n) is 11.6. The van der Waals surface area contributed by atoms with E-state index in [0.29, 0.717) is 18.5 Å². The monoisotopic (exact) mass is 598 g/mol. The first-order valence-electron chi connectivity index (χ1n) is 14.7. The molecular formula is C30H42N6O5S. The van der Waals surface area contributed by atoms with Crippen molar-refractivity contribution < 1.29 is 23.9 Å². The van der Waals surface area contributed by atoms with Gasteiger partial charge in [0.05, 0.1) is 18.3 Å². The number of ketones is 1. The number of aromatic nitrogens is 1. The number of likely N-dealkylation sites (tertiary alicyclic amines) is 1. The molecule has 1 aromatic heterocycles. The van der Waals surface area contributed by atoms with Gasteiger partial charge in [-0.1, -0.05) is 26.0 Å². The molecule has 2 aromatic rings. The quantitative estimate of drug-likeness (QED) is 0.397. The molecule has 3 aliphatic heterocycles. The smallest absolute Gasteiger partial charge is 0.251 e. The number of piperazine rings is 1. The van der Waals surface area contributed by atoms with E-state index in [1.807, 2.05) is 26.0 Å². The average Bonchev–Trinajstić information content (AvgIpc) is 3.73. The number of nitrogens with one attached hydrogen (secondary N) is 2. The maximum absolute atomic E-state index is 13.7. The van der Waals surface area contributed by atoms with Gasteiger partial charge in [-0.05, 0) is 31.5 Å². The molecule has 2 N–H and O–H groups in total. The van der Waals surface area contributed by atoms with Crippen molar-refractivity contribution in [3.05, 3.63) is 35.2 Å². The van der Waals surface area contributed by atoms with Gasteiger partial charge in [0.2, 0.25) is 5.91 Å². The van der Waals surface area contributed by atoms with Gasteiger partial charge < -0.3 is 29.9 Å². The van der Waals surface area contributed by atoms with Crippen molar-refractivity contribution in [3.8, 4) is 11.3 Å². The minimum absolute atomic E-state index is 0.0108. The summed E-state index contributed by atoms with van der Waals surface area (Å²) in [6, 6.07) is 5.87. The maximum atomic E-state index is 13.7. The lowest BCUT2D eigenvalue weighted by Gasteiger charge is -2.34. The van der Waals surface area contributed by atoms with Crippen LogP contribution in [-0.2, 0) is 19.1 Å². The third kappa shape index (κ3) is 6.68. The highest BCUT2D eigenvalue weighted by Gasteiger charge is 2.52. The molecule has 228 valence electrons. The molecule has 3 aliphatic rings. The number of amides is 2. The number of thiazole rings is 1. The van der Waals surface area contributed by atoms with Gasteiger partial charge >= 0.3 is 0 Å². The largest absolute Gasteiger partial charge is 0.383 e. The van der Waals surface area contributed by atoms with Crippen molar-refractivity contribution >= 4 is 34.1 Å². The highest BCUT2D eigenvalue weighted by Crippen LogP contribution is 2.30. The highest BCUT2D eigenvalue weighted by molar-refractivity contribution is 7.14. The fourth-order valence-electron chi connectivity index (χ4n) is 5.99. The Morgan fingerprint density at radius 2 is 1.90 bits per heavy atom. The van der Waals surface area contributed by atoms with Gasteiger partial charge in [-0.15, -0.1) is 11.3 Å². The van der Waals surface area contributed by atoms with E-state index in [4.69, 9.17) is 14.5 Å². The predicted molar refractivity (Wildman–Crippen MR) is 162 cm³/mol. The normalized spacial score (nSPS) is 23.5. The number of benzene rings is 1. The van der Waals surface area contributed by atoms with Crippen LogP contribution in [0.25, 0.3) is 11.3 Å². The van der Waals surface area contributed by atoms with Gasteiger partial charge in [-0.3, -0.25) is 19.3 Å². The van der Waals surface area contributed by atoms with Crippen molar-refractivity contribution in [1.29, 1.82) is 0 Å². The van der Waals surface area contributed by atoms with Gasteiger partial charge in [0.1, 0.15) is 24.8 Å². The lowest BCUT2D eigenvalue weighted by atomic mass is 10.0. The summed E-state index contributed by atoms with van der Waals surface area (Å²) in [6.07, 6.45) is 0.115. The topological polar surface area (TPSA) is 116 Å². The summed E-state index contributed by atoms with van der Waals surface area (Å²) >= 11 is 1.63. The first-order chi connectivity index (χ1) is 20.3. The second-order valence-corrected chi connectivity index (χ2v) is 12.5. The molecule has 2 amide bonds. The number of rotatable bonds is 11. The first-order valence-corrected chi connectivity index (χ1v) is 15.6. The molecule has 3 fully saturated rings. The van der Waals surface area contributed by atoms with E-state index in [1.54, 1.807) is 42.5 Å². The van der Waals surface area contributed by atoms with Crippen LogP contribution in [0.2, 0.25) is 0 Å². The highest BCUT2D eigenvalue weighted by atomic mass is 32.1. The third-order valence-electron chi connectivity index (χ3n) is 8.34. The number of Topliss-reactive ketones (excluding diaryl/α,β-unsaturated/α-hetero) is 1. The van der Waals surface area contributed by atoms with Crippen LogP contribution in [0, 0.1) is 5.92 Å². The maximum Gasteiger partial charge on any atom is 0.251 e. The molecule has 11 nitrogen and oxygen atoms in total. The number of carbonyl (C=O) groups is 3. The molecular weight excluding hydrogens is 556 g/mol. The molecule has 5 rings (SSSR count). The van der Waals surface area contributed by atoms with E-state index in [-0.39, 0.29) is 42.3 Å². The third-order valence-corrected chi connectivity index (χ3v) is 9.24. The molecule has 0 aliphatic carbocycles. The standard InChI is InChI=1S/C30H42N6O5S/c1-19(2)15-22(29(39)36-16-23(31-3)27-26(36)25(37)17-41-27)32-28(38)21-7-5-20(6-8-21)24-18-42-30(33-24)35-11-9-34(10-12-35)13-14-40-4/h5-8,18-19,22-23,26-27,31H,9-17H2,1-4H3,(H,32,38)/t22?,23-,26+,27+/m0/s1. The molecule has 1 unspecified atom stereocenters. The number of nitrogens with zero attached hydrogens (tertiary/aromatic N) is 4. The summed E-state index contributed by atoms with van der Waals surface area (Å²) in [4.78, 5) is 50.7. The number of fused-ring (bicyclic) bond motifs is 1. The zero-order chi connectivity index (χ0) is 29.8. The molecule has 0 spiro atoms. The Bertz CT molecular complexity index is 1250. The van der Waals surface area contributed by atoms with E-state index >= 15 is 0 Å². The minimum Gasteiger partial charge on any atom is -0.383 e. The van der Waals surface area contributed by atoms with E-state index in [0.717, 1.165) is 55.7 Å². The van der Waals surface area contributed by atoms with E-state index in [1.165, 1.54) is 0 Å². The number of likely N-dealkylation sites (N-methyl/N-ethyl adjacent to an activating group) is 1. The van der Waals surface area contributed by atoms with Crippen LogP contribution >= 0.6 is 11.3 Å². The molecule has 4 atom stereocenters. The van der Waals surface area contributed by atoms with Crippen LogP contribution in [-0.4, -0.2) is 123 Å². The van der Waals surface area contributed by atoms with Gasteiger partial charge in [-0.2, -0.15) is 0 Å². The van der Waals surface area contributed by atoms with Crippen LogP contribution < -0.4 is 15.5 Å². The van der Waals surface area contributed by atoms with E-state index in [9.17, 15) is 14.4 Å². The van der Waals surface area contributed by atoms with Crippen molar-refractivity contribution in [2.24, 2.45) is 5.92 Å². The van der Waals surface area contributed by atoms with Crippen molar-refractivity contribution in [3.63, 3.8) is 0 Å². The molecule has 0 radical (unpaired) electrons. The summed E-state index contributed by atoms with van der Waals surface area (Å²) in [7, 11) is 3.53. The second kappa shape index (κ2) is 13.6. The number of carbonyl (C=O) groups excluding carboxylic acids is 3. The average molecular weight is 599 g/mol. The summed E-state index contributed by atoms with van der Waals surface area (Å²) in [5.41, 5.74) is 2.28. The lowest BCUT2D eigenvalue weighted by molar-refractivity contribution is -0.138. The van der Waals surface area contributed by atoms with Crippen LogP contribution in [0.1, 0.15) is 30.6 Å².